The van der Waals surface area contributed by atoms with E-state index in [0.29, 0.717) is 5.92 Å². The molecule has 0 aliphatic carbocycles. The lowest BCUT2D eigenvalue weighted by Gasteiger charge is -2.32. The highest BCUT2D eigenvalue weighted by atomic mass is 127. The molecule has 3 heterocycles. The van der Waals surface area contributed by atoms with E-state index in [1.54, 1.807) is 11.3 Å². The fraction of sp³-hybridized carbons (Fsp3) is 0.524. The van der Waals surface area contributed by atoms with Crippen LogP contribution in [0.1, 0.15) is 29.1 Å². The Morgan fingerprint density at radius 1 is 1.25 bits per heavy atom. The highest BCUT2D eigenvalue weighted by Gasteiger charge is 2.24. The Hall–Kier alpha value is -1.19. The van der Waals surface area contributed by atoms with E-state index in [-0.39, 0.29) is 24.0 Å². The van der Waals surface area contributed by atoms with E-state index in [2.05, 4.69) is 61.7 Å². The molecule has 5 nitrogen and oxygen atoms in total. The molecule has 0 saturated carbocycles. The quantitative estimate of drug-likeness (QED) is 0.384. The van der Waals surface area contributed by atoms with Crippen LogP contribution in [0, 0.1) is 12.8 Å². The standard InChI is InChI=1S/C21H29N5S.HI/c1-16-24-19(15-27-16)14-25-10-7-17(8-11-25)13-23-21(22-2)26-12-9-18-5-3-4-6-20(18)26;/h3-6,15,17H,7-14H2,1-2H3,(H,22,23);1H. The van der Waals surface area contributed by atoms with Crippen LogP contribution in [0.25, 0.3) is 0 Å². The van der Waals surface area contributed by atoms with Gasteiger partial charge in [0.1, 0.15) is 0 Å². The average Bonchev–Trinajstić information content (AvgIpc) is 3.30. The summed E-state index contributed by atoms with van der Waals surface area (Å²) in [5.74, 6) is 1.73. The van der Waals surface area contributed by atoms with Gasteiger partial charge in [-0.2, -0.15) is 0 Å². The Morgan fingerprint density at radius 2 is 2.04 bits per heavy atom. The highest BCUT2D eigenvalue weighted by molar-refractivity contribution is 14.0. The number of nitrogens with one attached hydrogen (secondary N) is 1. The largest absolute Gasteiger partial charge is 0.356 e. The molecule has 7 heteroatoms. The van der Waals surface area contributed by atoms with Gasteiger partial charge in [-0.15, -0.1) is 35.3 Å². The first-order chi connectivity index (χ1) is 13.2. The topological polar surface area (TPSA) is 43.8 Å². The van der Waals surface area contributed by atoms with Gasteiger partial charge in [0, 0.05) is 37.7 Å². The minimum Gasteiger partial charge on any atom is -0.356 e. The molecule has 2 aromatic rings. The van der Waals surface area contributed by atoms with Crippen molar-refractivity contribution in [2.24, 2.45) is 10.9 Å². The Kier molecular flexibility index (Phi) is 7.70. The molecule has 4 rings (SSSR count). The number of piperidine rings is 1. The molecule has 0 atom stereocenters. The maximum atomic E-state index is 4.60. The number of para-hydroxylation sites is 1. The summed E-state index contributed by atoms with van der Waals surface area (Å²) in [6.45, 7) is 7.43. The summed E-state index contributed by atoms with van der Waals surface area (Å²) < 4.78 is 0. The molecule has 2 aliphatic rings. The Morgan fingerprint density at radius 3 is 2.75 bits per heavy atom. The predicted octanol–water partition coefficient (Wildman–Crippen LogP) is 3.92. The number of aromatic nitrogens is 1. The molecular formula is C21H30IN5S. The van der Waals surface area contributed by atoms with Crippen LogP contribution in [0.4, 0.5) is 5.69 Å². The van der Waals surface area contributed by atoms with Crippen LogP contribution in [0.3, 0.4) is 0 Å². The van der Waals surface area contributed by atoms with E-state index in [9.17, 15) is 0 Å². The van der Waals surface area contributed by atoms with Crippen LogP contribution in [-0.4, -0.2) is 49.1 Å². The van der Waals surface area contributed by atoms with Crippen molar-refractivity contribution in [2.75, 3.05) is 38.1 Å². The zero-order valence-corrected chi connectivity index (χ0v) is 19.9. The van der Waals surface area contributed by atoms with Crippen LogP contribution in [-0.2, 0) is 13.0 Å². The maximum absolute atomic E-state index is 4.60. The number of anilines is 1. The van der Waals surface area contributed by atoms with Gasteiger partial charge in [-0.25, -0.2) is 4.98 Å². The predicted molar refractivity (Wildman–Crippen MR) is 129 cm³/mol. The lowest BCUT2D eigenvalue weighted by molar-refractivity contribution is 0.176. The summed E-state index contributed by atoms with van der Waals surface area (Å²) >= 11 is 1.75. The highest BCUT2D eigenvalue weighted by Crippen LogP contribution is 2.27. The molecule has 0 unspecified atom stereocenters. The second-order valence-corrected chi connectivity index (χ2v) is 8.60. The summed E-state index contributed by atoms with van der Waals surface area (Å²) in [6, 6.07) is 8.67. The summed E-state index contributed by atoms with van der Waals surface area (Å²) in [5.41, 5.74) is 3.95. The number of hydrogen-bond donors (Lipinski definition) is 1. The van der Waals surface area contributed by atoms with Gasteiger partial charge in [0.25, 0.3) is 0 Å². The molecule has 1 fully saturated rings. The van der Waals surface area contributed by atoms with E-state index >= 15 is 0 Å². The van der Waals surface area contributed by atoms with Crippen LogP contribution in [0.5, 0.6) is 0 Å². The lowest BCUT2D eigenvalue weighted by Crippen LogP contribution is -2.44. The molecule has 0 spiro atoms. The van der Waals surface area contributed by atoms with Crippen LogP contribution < -0.4 is 10.2 Å². The number of aliphatic imine (C=N–C) groups is 1. The minimum absolute atomic E-state index is 0. The first-order valence-corrected chi connectivity index (χ1v) is 10.8. The van der Waals surface area contributed by atoms with E-state index in [1.165, 1.54) is 34.8 Å². The molecule has 152 valence electrons. The number of aryl methyl sites for hydroxylation is 1. The molecule has 2 aliphatic heterocycles. The number of fused-ring (bicyclic) bond motifs is 1. The third-order valence-corrected chi connectivity index (χ3v) is 6.49. The molecule has 0 amide bonds. The van der Waals surface area contributed by atoms with E-state index in [1.807, 2.05) is 7.05 Å². The number of thiazole rings is 1. The minimum atomic E-state index is 0. The maximum Gasteiger partial charge on any atom is 0.198 e. The van der Waals surface area contributed by atoms with Crippen molar-refractivity contribution in [2.45, 2.75) is 32.7 Å². The van der Waals surface area contributed by atoms with Crippen LogP contribution in [0.15, 0.2) is 34.6 Å². The summed E-state index contributed by atoms with van der Waals surface area (Å²) in [4.78, 5) is 14.0. The third kappa shape index (κ3) is 5.04. The van der Waals surface area contributed by atoms with Gasteiger partial charge < -0.3 is 10.2 Å². The van der Waals surface area contributed by atoms with E-state index < -0.39 is 0 Å². The number of rotatable bonds is 4. The molecule has 1 aromatic heterocycles. The van der Waals surface area contributed by atoms with Gasteiger partial charge in [0.05, 0.1) is 10.7 Å². The molecule has 0 radical (unpaired) electrons. The monoisotopic (exact) mass is 511 g/mol. The van der Waals surface area contributed by atoms with Crippen molar-refractivity contribution >= 4 is 47.0 Å². The molecule has 0 bridgehead atoms. The number of hydrogen-bond acceptors (Lipinski definition) is 4. The average molecular weight is 511 g/mol. The number of nitrogens with zero attached hydrogens (tertiary/aromatic N) is 4. The van der Waals surface area contributed by atoms with Gasteiger partial charge >= 0.3 is 0 Å². The number of halogens is 1. The molecule has 1 N–H and O–H groups in total. The first-order valence-electron chi connectivity index (χ1n) is 9.92. The SMILES string of the molecule is CN=C(NCC1CCN(Cc2csc(C)n2)CC1)N1CCc2ccccc21.I. The first kappa shape index (κ1) is 21.5. The Labute approximate surface area is 189 Å². The number of guanidine groups is 1. The van der Waals surface area contributed by atoms with Crippen molar-refractivity contribution in [1.29, 1.82) is 0 Å². The fourth-order valence-electron chi connectivity index (χ4n) is 4.15. The van der Waals surface area contributed by atoms with Crippen molar-refractivity contribution in [1.82, 2.24) is 15.2 Å². The van der Waals surface area contributed by atoms with Gasteiger partial charge in [-0.3, -0.25) is 9.89 Å². The zero-order valence-electron chi connectivity index (χ0n) is 16.7. The summed E-state index contributed by atoms with van der Waals surface area (Å²) in [5, 5.41) is 7.00. The second kappa shape index (κ2) is 10.0. The molecule has 1 aromatic carbocycles. The normalized spacial score (nSPS) is 18.1. The Bertz CT molecular complexity index is 798. The second-order valence-electron chi connectivity index (χ2n) is 7.54. The number of likely N-dealkylation sites (tertiary alicyclic amines) is 1. The van der Waals surface area contributed by atoms with E-state index in [4.69, 9.17) is 0 Å². The van der Waals surface area contributed by atoms with Crippen LogP contribution in [0.2, 0.25) is 0 Å². The Balaban J connectivity index is 0.00000225. The van der Waals surface area contributed by atoms with Gasteiger partial charge in [-0.05, 0) is 56.8 Å². The van der Waals surface area contributed by atoms with Crippen molar-refractivity contribution < 1.29 is 0 Å². The summed E-state index contributed by atoms with van der Waals surface area (Å²) in [7, 11) is 1.89. The van der Waals surface area contributed by atoms with Crippen molar-refractivity contribution in [3.63, 3.8) is 0 Å². The zero-order chi connectivity index (χ0) is 18.6. The smallest absolute Gasteiger partial charge is 0.198 e. The third-order valence-electron chi connectivity index (χ3n) is 5.66. The van der Waals surface area contributed by atoms with Crippen molar-refractivity contribution in [3.8, 4) is 0 Å². The van der Waals surface area contributed by atoms with Gasteiger partial charge in [-0.1, -0.05) is 18.2 Å². The lowest BCUT2D eigenvalue weighted by atomic mass is 9.97. The molecule has 28 heavy (non-hydrogen) atoms. The number of benzene rings is 1. The van der Waals surface area contributed by atoms with E-state index in [0.717, 1.165) is 45.1 Å². The van der Waals surface area contributed by atoms with Crippen molar-refractivity contribution in [3.05, 3.63) is 45.9 Å². The molecular weight excluding hydrogens is 481 g/mol. The van der Waals surface area contributed by atoms with Crippen LogP contribution >= 0.6 is 35.3 Å². The van der Waals surface area contributed by atoms with Gasteiger partial charge in [0.15, 0.2) is 5.96 Å². The molecule has 1 saturated heterocycles. The van der Waals surface area contributed by atoms with Gasteiger partial charge in [0.2, 0.25) is 0 Å². The summed E-state index contributed by atoms with van der Waals surface area (Å²) in [6.07, 6.45) is 3.58. The fourth-order valence-corrected chi connectivity index (χ4v) is 4.75.